The lowest BCUT2D eigenvalue weighted by molar-refractivity contribution is -0.384. The Morgan fingerprint density at radius 1 is 1.32 bits per heavy atom. The van der Waals surface area contributed by atoms with Crippen LogP contribution >= 0.6 is 0 Å². The van der Waals surface area contributed by atoms with Crippen molar-refractivity contribution < 1.29 is 4.92 Å². The maximum Gasteiger partial charge on any atom is 0.295 e. The van der Waals surface area contributed by atoms with Gasteiger partial charge in [-0.25, -0.2) is 4.98 Å². The first kappa shape index (κ1) is 12.9. The second-order valence-corrected chi connectivity index (χ2v) is 4.04. The van der Waals surface area contributed by atoms with Crippen molar-refractivity contribution in [3.8, 4) is 11.3 Å². The summed E-state index contributed by atoms with van der Waals surface area (Å²) in [5.74, 6) is 0.615. The molecule has 0 fully saturated rings. The summed E-state index contributed by atoms with van der Waals surface area (Å²) in [6, 6.07) is 6.65. The van der Waals surface area contributed by atoms with Crippen molar-refractivity contribution in [1.82, 2.24) is 9.97 Å². The van der Waals surface area contributed by atoms with E-state index in [9.17, 15) is 10.1 Å². The van der Waals surface area contributed by atoms with E-state index < -0.39 is 4.92 Å². The van der Waals surface area contributed by atoms with Crippen molar-refractivity contribution in [1.29, 1.82) is 0 Å². The molecular weight excluding hydrogens is 244 g/mol. The summed E-state index contributed by atoms with van der Waals surface area (Å²) >= 11 is 0. The van der Waals surface area contributed by atoms with Crippen LogP contribution in [0.3, 0.4) is 0 Å². The Morgan fingerprint density at radius 3 is 2.68 bits per heavy atom. The molecule has 0 saturated carbocycles. The Morgan fingerprint density at radius 2 is 2.11 bits per heavy atom. The van der Waals surface area contributed by atoms with E-state index in [1.54, 1.807) is 24.4 Å². The second kappa shape index (κ2) is 5.43. The van der Waals surface area contributed by atoms with Crippen LogP contribution in [-0.2, 0) is 0 Å². The number of hydrogen-bond acceptors (Lipinski definition) is 5. The summed E-state index contributed by atoms with van der Waals surface area (Å²) in [5.41, 5.74) is 1.80. The van der Waals surface area contributed by atoms with Crippen LogP contribution < -0.4 is 5.32 Å². The van der Waals surface area contributed by atoms with Crippen LogP contribution in [0.1, 0.15) is 12.6 Å². The highest BCUT2D eigenvalue weighted by Gasteiger charge is 2.17. The Hall–Kier alpha value is -2.50. The van der Waals surface area contributed by atoms with Crippen molar-refractivity contribution in [2.24, 2.45) is 0 Å². The molecule has 0 spiro atoms. The van der Waals surface area contributed by atoms with Crippen LogP contribution in [0.2, 0.25) is 0 Å². The first-order valence-electron chi connectivity index (χ1n) is 5.94. The SMILES string of the molecule is CCNc1ccc([N+](=O)[O-])c(-c2ccc(C)nc2)n1. The number of hydrogen-bond donors (Lipinski definition) is 1. The number of anilines is 1. The molecule has 1 N–H and O–H groups in total. The third-order valence-corrected chi connectivity index (χ3v) is 2.61. The Labute approximate surface area is 110 Å². The van der Waals surface area contributed by atoms with Crippen molar-refractivity contribution >= 4 is 11.5 Å². The maximum atomic E-state index is 11.1. The van der Waals surface area contributed by atoms with E-state index in [4.69, 9.17) is 0 Å². The predicted molar refractivity (Wildman–Crippen MR) is 73.0 cm³/mol. The zero-order chi connectivity index (χ0) is 13.8. The number of aromatic nitrogens is 2. The fourth-order valence-corrected chi connectivity index (χ4v) is 1.70. The topological polar surface area (TPSA) is 81.0 Å². The van der Waals surface area contributed by atoms with E-state index in [1.807, 2.05) is 13.8 Å². The van der Waals surface area contributed by atoms with Crippen molar-refractivity contribution in [3.63, 3.8) is 0 Å². The first-order valence-corrected chi connectivity index (χ1v) is 5.94. The lowest BCUT2D eigenvalue weighted by Crippen LogP contribution is -2.02. The highest BCUT2D eigenvalue weighted by molar-refractivity contribution is 5.70. The van der Waals surface area contributed by atoms with Crippen LogP contribution in [0.4, 0.5) is 11.5 Å². The van der Waals surface area contributed by atoms with E-state index in [0.717, 1.165) is 5.69 Å². The van der Waals surface area contributed by atoms with Gasteiger partial charge in [0.25, 0.3) is 5.69 Å². The summed E-state index contributed by atoms with van der Waals surface area (Å²) < 4.78 is 0. The molecule has 6 heteroatoms. The molecular formula is C13H14N4O2. The molecule has 2 rings (SSSR count). The van der Waals surface area contributed by atoms with Crippen LogP contribution in [0.5, 0.6) is 0 Å². The monoisotopic (exact) mass is 258 g/mol. The predicted octanol–water partition coefficient (Wildman–Crippen LogP) is 2.79. The number of pyridine rings is 2. The largest absolute Gasteiger partial charge is 0.370 e. The molecule has 6 nitrogen and oxygen atoms in total. The third-order valence-electron chi connectivity index (χ3n) is 2.61. The molecule has 0 aliphatic heterocycles. The van der Waals surface area contributed by atoms with E-state index in [-0.39, 0.29) is 5.69 Å². The van der Waals surface area contributed by atoms with Gasteiger partial charge >= 0.3 is 0 Å². The molecule has 2 heterocycles. The van der Waals surface area contributed by atoms with Gasteiger partial charge in [-0.3, -0.25) is 15.1 Å². The van der Waals surface area contributed by atoms with Gasteiger partial charge in [0.05, 0.1) is 4.92 Å². The molecule has 0 aliphatic carbocycles. The molecule has 2 aromatic rings. The molecule has 0 unspecified atom stereocenters. The number of aryl methyl sites for hydroxylation is 1. The van der Waals surface area contributed by atoms with E-state index in [0.29, 0.717) is 23.6 Å². The summed E-state index contributed by atoms with van der Waals surface area (Å²) in [4.78, 5) is 19.1. The minimum atomic E-state index is -0.433. The van der Waals surface area contributed by atoms with Gasteiger partial charge < -0.3 is 5.32 Å². The quantitative estimate of drug-likeness (QED) is 0.673. The van der Waals surface area contributed by atoms with Crippen LogP contribution in [0.15, 0.2) is 30.5 Å². The third kappa shape index (κ3) is 2.85. The lowest BCUT2D eigenvalue weighted by atomic mass is 10.1. The number of nitro groups is 1. The van der Waals surface area contributed by atoms with Gasteiger partial charge in [0, 0.05) is 30.1 Å². The van der Waals surface area contributed by atoms with Crippen molar-refractivity contribution in [2.75, 3.05) is 11.9 Å². The summed E-state index contributed by atoms with van der Waals surface area (Å²) in [5, 5.41) is 14.1. The van der Waals surface area contributed by atoms with E-state index in [2.05, 4.69) is 15.3 Å². The molecule has 98 valence electrons. The fourth-order valence-electron chi connectivity index (χ4n) is 1.70. The first-order chi connectivity index (χ1) is 9.11. The van der Waals surface area contributed by atoms with Gasteiger partial charge in [0.1, 0.15) is 5.82 Å². The molecule has 0 atom stereocenters. The lowest BCUT2D eigenvalue weighted by Gasteiger charge is -2.06. The smallest absolute Gasteiger partial charge is 0.295 e. The van der Waals surface area contributed by atoms with Crippen LogP contribution in [-0.4, -0.2) is 21.4 Å². The molecule has 19 heavy (non-hydrogen) atoms. The Balaban J connectivity index is 2.54. The molecule has 0 amide bonds. The van der Waals surface area contributed by atoms with Gasteiger partial charge in [-0.05, 0) is 32.0 Å². The van der Waals surface area contributed by atoms with Crippen molar-refractivity contribution in [2.45, 2.75) is 13.8 Å². The minimum Gasteiger partial charge on any atom is -0.370 e. The van der Waals surface area contributed by atoms with Gasteiger partial charge in [-0.2, -0.15) is 0 Å². The molecule has 0 bridgehead atoms. The summed E-state index contributed by atoms with van der Waals surface area (Å²) in [6.07, 6.45) is 1.60. The number of nitrogens with one attached hydrogen (secondary N) is 1. The Bertz CT molecular complexity index is 596. The Kier molecular flexibility index (Phi) is 3.70. The summed E-state index contributed by atoms with van der Waals surface area (Å²) in [7, 11) is 0. The molecule has 0 aromatic carbocycles. The standard InChI is InChI=1S/C13H14N4O2/c1-3-14-12-7-6-11(17(18)19)13(16-12)10-5-4-9(2)15-8-10/h4-8H,3H2,1-2H3,(H,14,16). The highest BCUT2D eigenvalue weighted by atomic mass is 16.6. The van der Waals surface area contributed by atoms with Gasteiger partial charge in [0.15, 0.2) is 5.69 Å². The average molecular weight is 258 g/mol. The zero-order valence-corrected chi connectivity index (χ0v) is 10.8. The highest BCUT2D eigenvalue weighted by Crippen LogP contribution is 2.28. The van der Waals surface area contributed by atoms with Crippen LogP contribution in [0, 0.1) is 17.0 Å². The fraction of sp³-hybridized carbons (Fsp3) is 0.231. The summed E-state index contributed by atoms with van der Waals surface area (Å²) in [6.45, 7) is 4.51. The normalized spacial score (nSPS) is 10.2. The molecule has 0 aliphatic rings. The molecule has 2 aromatic heterocycles. The molecule has 0 radical (unpaired) electrons. The maximum absolute atomic E-state index is 11.1. The molecule has 0 saturated heterocycles. The number of rotatable bonds is 4. The van der Waals surface area contributed by atoms with Gasteiger partial charge in [-0.15, -0.1) is 0 Å². The van der Waals surface area contributed by atoms with Gasteiger partial charge in [0.2, 0.25) is 0 Å². The van der Waals surface area contributed by atoms with Gasteiger partial charge in [-0.1, -0.05) is 0 Å². The van der Waals surface area contributed by atoms with Crippen molar-refractivity contribution in [3.05, 3.63) is 46.3 Å². The zero-order valence-electron chi connectivity index (χ0n) is 10.8. The van der Waals surface area contributed by atoms with E-state index >= 15 is 0 Å². The minimum absolute atomic E-state index is 0.0210. The number of nitrogens with zero attached hydrogens (tertiary/aromatic N) is 3. The average Bonchev–Trinajstić information content (AvgIpc) is 2.39. The van der Waals surface area contributed by atoms with E-state index in [1.165, 1.54) is 6.07 Å². The van der Waals surface area contributed by atoms with Crippen LogP contribution in [0.25, 0.3) is 11.3 Å². The second-order valence-electron chi connectivity index (χ2n) is 4.04.